The Labute approximate surface area is 164 Å². The molecule has 2 N–H and O–H groups in total. The Hall–Kier alpha value is -2.28. The van der Waals surface area contributed by atoms with Gasteiger partial charge in [-0.25, -0.2) is 4.79 Å². The van der Waals surface area contributed by atoms with Gasteiger partial charge in [0, 0.05) is 5.56 Å². The Morgan fingerprint density at radius 3 is 2.19 bits per heavy atom. The number of hydrogen-bond acceptors (Lipinski definition) is 4. The van der Waals surface area contributed by atoms with Crippen LogP contribution < -0.4 is 10.9 Å². The Morgan fingerprint density at radius 1 is 0.923 bits per heavy atom. The van der Waals surface area contributed by atoms with E-state index >= 15 is 0 Å². The van der Waals surface area contributed by atoms with E-state index in [2.05, 4.69) is 10.9 Å². The lowest BCUT2D eigenvalue weighted by molar-refractivity contribution is -0.129. The third-order valence-electron chi connectivity index (χ3n) is 3.24. The molecule has 9 heteroatoms. The first-order valence-electron chi connectivity index (χ1n) is 7.31. The fourth-order valence-electron chi connectivity index (χ4n) is 1.87. The third kappa shape index (κ3) is 4.88. The second-order valence-electron chi connectivity index (χ2n) is 5.08. The molecule has 0 aliphatic rings. The summed E-state index contributed by atoms with van der Waals surface area (Å²) in [5, 5.41) is 0.0822. The summed E-state index contributed by atoms with van der Waals surface area (Å²) >= 11 is 17.7. The van der Waals surface area contributed by atoms with Crippen molar-refractivity contribution in [1.29, 1.82) is 0 Å². The van der Waals surface area contributed by atoms with Crippen LogP contribution in [0.1, 0.15) is 27.6 Å². The lowest BCUT2D eigenvalue weighted by Crippen LogP contribution is -2.46. The molecule has 0 heterocycles. The number of hydrazine groups is 1. The van der Waals surface area contributed by atoms with Gasteiger partial charge >= 0.3 is 5.97 Å². The van der Waals surface area contributed by atoms with E-state index in [1.54, 1.807) is 30.3 Å². The van der Waals surface area contributed by atoms with Gasteiger partial charge in [0.05, 0.1) is 20.6 Å². The molecule has 0 saturated carbocycles. The molecule has 6 nitrogen and oxygen atoms in total. The highest BCUT2D eigenvalue weighted by molar-refractivity contribution is 6.46. The monoisotopic (exact) mass is 414 g/mol. The molecule has 0 aromatic heterocycles. The van der Waals surface area contributed by atoms with Gasteiger partial charge in [-0.2, -0.15) is 0 Å². The van der Waals surface area contributed by atoms with Crippen LogP contribution in [-0.2, 0) is 9.53 Å². The average molecular weight is 416 g/mol. The molecule has 0 radical (unpaired) electrons. The van der Waals surface area contributed by atoms with Crippen molar-refractivity contribution in [2.24, 2.45) is 0 Å². The van der Waals surface area contributed by atoms with Gasteiger partial charge < -0.3 is 4.74 Å². The third-order valence-corrected chi connectivity index (χ3v) is 4.36. The lowest BCUT2D eigenvalue weighted by Gasteiger charge is -2.15. The van der Waals surface area contributed by atoms with E-state index in [1.807, 2.05) is 0 Å². The smallest absolute Gasteiger partial charge is 0.342 e. The fraction of sp³-hybridized carbons (Fsp3) is 0.118. The van der Waals surface area contributed by atoms with E-state index in [4.69, 9.17) is 39.5 Å². The standard InChI is InChI=1S/C17H13Cl3N2O4/c1-9(15(23)21-22-16(24)10-5-3-2-4-6-10)26-17(25)13-11(18)7-8-12(19)14(13)20/h2-9H,1H3,(H,21,23)(H,22,24)/t9-/m1/s1. The fourth-order valence-corrected chi connectivity index (χ4v) is 2.55. The number of halogens is 3. The number of nitrogens with one attached hydrogen (secondary N) is 2. The normalized spacial score (nSPS) is 11.4. The van der Waals surface area contributed by atoms with E-state index < -0.39 is 23.9 Å². The molecule has 0 aliphatic heterocycles. The van der Waals surface area contributed by atoms with Crippen LogP contribution in [0.25, 0.3) is 0 Å². The van der Waals surface area contributed by atoms with Gasteiger partial charge in [0.2, 0.25) is 0 Å². The molecule has 0 bridgehead atoms. The van der Waals surface area contributed by atoms with Crippen LogP contribution in [0.4, 0.5) is 0 Å². The van der Waals surface area contributed by atoms with Crippen molar-refractivity contribution in [3.05, 3.63) is 68.7 Å². The number of benzene rings is 2. The predicted molar refractivity (Wildman–Crippen MR) is 98.4 cm³/mol. The Bertz CT molecular complexity index is 843. The molecule has 2 amide bonds. The Morgan fingerprint density at radius 2 is 1.54 bits per heavy atom. The van der Waals surface area contributed by atoms with Crippen molar-refractivity contribution in [3.63, 3.8) is 0 Å². The maximum absolute atomic E-state index is 12.2. The van der Waals surface area contributed by atoms with Crippen LogP contribution >= 0.6 is 34.8 Å². The summed E-state index contributed by atoms with van der Waals surface area (Å²) in [4.78, 5) is 36.0. The van der Waals surface area contributed by atoms with Gasteiger partial charge in [-0.3, -0.25) is 20.4 Å². The molecule has 2 aromatic rings. The van der Waals surface area contributed by atoms with E-state index in [-0.39, 0.29) is 20.6 Å². The Balaban J connectivity index is 1.96. The van der Waals surface area contributed by atoms with Crippen molar-refractivity contribution < 1.29 is 19.1 Å². The highest BCUT2D eigenvalue weighted by Crippen LogP contribution is 2.32. The van der Waals surface area contributed by atoms with E-state index in [9.17, 15) is 14.4 Å². The summed E-state index contributed by atoms with van der Waals surface area (Å²) in [5.74, 6) is -2.17. The molecule has 2 rings (SSSR count). The first-order chi connectivity index (χ1) is 12.3. The summed E-state index contributed by atoms with van der Waals surface area (Å²) in [5.41, 5.74) is 4.60. The number of carbonyl (C=O) groups is 3. The van der Waals surface area contributed by atoms with Crippen LogP contribution in [0.3, 0.4) is 0 Å². The zero-order chi connectivity index (χ0) is 19.3. The van der Waals surface area contributed by atoms with E-state index in [1.165, 1.54) is 19.1 Å². The second kappa shape index (κ2) is 8.89. The highest BCUT2D eigenvalue weighted by Gasteiger charge is 2.24. The van der Waals surface area contributed by atoms with Crippen molar-refractivity contribution in [3.8, 4) is 0 Å². The van der Waals surface area contributed by atoms with Crippen molar-refractivity contribution in [2.75, 3.05) is 0 Å². The maximum atomic E-state index is 12.2. The average Bonchev–Trinajstić information content (AvgIpc) is 2.63. The minimum Gasteiger partial charge on any atom is -0.449 e. The first-order valence-corrected chi connectivity index (χ1v) is 8.44. The van der Waals surface area contributed by atoms with Gasteiger partial charge in [-0.05, 0) is 31.2 Å². The first kappa shape index (κ1) is 20.0. The van der Waals surface area contributed by atoms with Crippen LogP contribution in [0.5, 0.6) is 0 Å². The van der Waals surface area contributed by atoms with Gasteiger partial charge in [0.1, 0.15) is 0 Å². The molecule has 136 valence electrons. The summed E-state index contributed by atoms with van der Waals surface area (Å²) in [6, 6.07) is 11.1. The molecule has 0 unspecified atom stereocenters. The molecule has 2 aromatic carbocycles. The highest BCUT2D eigenvalue weighted by atomic mass is 35.5. The second-order valence-corrected chi connectivity index (χ2v) is 6.27. The van der Waals surface area contributed by atoms with Gasteiger partial charge in [-0.15, -0.1) is 0 Å². The van der Waals surface area contributed by atoms with Gasteiger partial charge in [0.25, 0.3) is 11.8 Å². The van der Waals surface area contributed by atoms with Crippen molar-refractivity contribution >= 4 is 52.6 Å². The van der Waals surface area contributed by atoms with Gasteiger partial charge in [-0.1, -0.05) is 53.0 Å². The van der Waals surface area contributed by atoms with Crippen LogP contribution in [0.15, 0.2) is 42.5 Å². The molecule has 26 heavy (non-hydrogen) atoms. The summed E-state index contributed by atoms with van der Waals surface area (Å²) < 4.78 is 5.02. The van der Waals surface area contributed by atoms with Crippen LogP contribution in [0, 0.1) is 0 Å². The number of ether oxygens (including phenoxy) is 1. The number of esters is 1. The molecular weight excluding hydrogens is 403 g/mol. The largest absolute Gasteiger partial charge is 0.449 e. The van der Waals surface area contributed by atoms with E-state index in [0.29, 0.717) is 5.56 Å². The minimum atomic E-state index is -1.22. The van der Waals surface area contributed by atoms with Crippen molar-refractivity contribution in [2.45, 2.75) is 13.0 Å². The number of rotatable bonds is 4. The topological polar surface area (TPSA) is 84.5 Å². The molecule has 0 aliphatic carbocycles. The van der Waals surface area contributed by atoms with Gasteiger partial charge in [0.15, 0.2) is 6.10 Å². The summed E-state index contributed by atoms with van der Waals surface area (Å²) in [6.45, 7) is 1.33. The number of amides is 2. The minimum absolute atomic E-state index is 0.0365. The lowest BCUT2D eigenvalue weighted by atomic mass is 10.2. The number of carbonyl (C=O) groups excluding carboxylic acids is 3. The Kier molecular flexibility index (Phi) is 6.85. The molecule has 1 atom stereocenters. The summed E-state index contributed by atoms with van der Waals surface area (Å²) in [6.07, 6.45) is -1.22. The van der Waals surface area contributed by atoms with Crippen LogP contribution in [0.2, 0.25) is 15.1 Å². The van der Waals surface area contributed by atoms with Crippen LogP contribution in [-0.4, -0.2) is 23.9 Å². The molecular formula is C17H13Cl3N2O4. The molecule has 0 saturated heterocycles. The molecule has 0 spiro atoms. The molecule has 0 fully saturated rings. The van der Waals surface area contributed by atoms with E-state index in [0.717, 1.165) is 0 Å². The summed E-state index contributed by atoms with van der Waals surface area (Å²) in [7, 11) is 0. The maximum Gasteiger partial charge on any atom is 0.342 e. The zero-order valence-electron chi connectivity index (χ0n) is 13.4. The zero-order valence-corrected chi connectivity index (χ0v) is 15.7. The predicted octanol–water partition coefficient (Wildman–Crippen LogP) is 3.65. The van der Waals surface area contributed by atoms with Crippen molar-refractivity contribution in [1.82, 2.24) is 10.9 Å². The SMILES string of the molecule is C[C@@H](OC(=O)c1c(Cl)ccc(Cl)c1Cl)C(=O)NNC(=O)c1ccccc1. The number of hydrogen-bond donors (Lipinski definition) is 2. The quantitative estimate of drug-likeness (QED) is 0.453.